The van der Waals surface area contributed by atoms with Crippen LogP contribution in [0.3, 0.4) is 0 Å². The molecule has 0 amide bonds. The van der Waals surface area contributed by atoms with E-state index in [1.165, 1.54) is 4.57 Å². The monoisotopic (exact) mass is 638 g/mol. The molecule has 0 spiro atoms. The largest absolute Gasteiger partial charge is 0.481 e. The Labute approximate surface area is 275 Å². The number of aryl methyl sites for hydroxylation is 5. The van der Waals surface area contributed by atoms with Crippen LogP contribution in [0.25, 0.3) is 11.1 Å². The molecule has 3 rings (SSSR count). The summed E-state index contributed by atoms with van der Waals surface area (Å²) in [6.07, 6.45) is 3.09. The highest BCUT2D eigenvalue weighted by Crippen LogP contribution is 2.36. The fourth-order valence-corrected chi connectivity index (χ4v) is 6.24. The quantitative estimate of drug-likeness (QED) is 0.197. The first-order valence-electron chi connectivity index (χ1n) is 15.6. The van der Waals surface area contributed by atoms with E-state index in [-0.39, 0.29) is 36.8 Å². The van der Waals surface area contributed by atoms with E-state index in [1.54, 1.807) is 31.3 Å². The third kappa shape index (κ3) is 9.88. The number of carbonyl (C=O) groups is 2. The number of aromatic nitrogens is 1. The van der Waals surface area contributed by atoms with Crippen LogP contribution in [0, 0.1) is 46.4 Å². The van der Waals surface area contributed by atoms with Crippen LogP contribution in [-0.2, 0) is 16.0 Å². The maximum Gasteiger partial charge on any atom is 0.303 e. The minimum atomic E-state index is -1.11. The Morgan fingerprint density at radius 2 is 1.51 bits per heavy atom. The van der Waals surface area contributed by atoms with Crippen molar-refractivity contribution in [2.24, 2.45) is 5.92 Å². The van der Waals surface area contributed by atoms with Crippen LogP contribution in [0.1, 0.15) is 90.4 Å². The van der Waals surface area contributed by atoms with Gasteiger partial charge in [0.2, 0.25) is 0 Å². The summed E-state index contributed by atoms with van der Waals surface area (Å²) >= 11 is 0. The number of carbonyl (C=O) groups excluding carboxylic acids is 1. The topological polar surface area (TPSA) is 79.6 Å². The summed E-state index contributed by atoms with van der Waals surface area (Å²) in [6.45, 7) is 14.5. The molecule has 0 aliphatic rings. The predicted molar refractivity (Wildman–Crippen MR) is 187 cm³/mol. The van der Waals surface area contributed by atoms with Crippen molar-refractivity contribution in [3.05, 3.63) is 91.6 Å². The predicted octanol–water partition coefficient (Wildman–Crippen LogP) is 7.61. The standard InChI is InChI=1S/C37H49FN2O4.H2S/c1-22(2)10-11-32(40-21-28(12-13-39(8)9)24(4)17-34(40)42)33(41)19-29(20-35(43)44)31-18-30(16-27(7)37(31)38)36-25(5)14-23(3)15-26(36)6;/h14-18,21-22,29,32H,10-13,19-20H2,1-9H3,(H,43,44);1H2/t29-,32?;/m0./s1. The molecular weight excluding hydrogens is 587 g/mol. The Balaban J connectivity index is 0.00000705. The van der Waals surface area contributed by atoms with Gasteiger partial charge in [0.1, 0.15) is 5.82 Å². The Hall–Kier alpha value is -3.23. The van der Waals surface area contributed by atoms with Gasteiger partial charge in [0.25, 0.3) is 5.56 Å². The fraction of sp³-hybridized carbons (Fsp3) is 0.486. The van der Waals surface area contributed by atoms with E-state index in [9.17, 15) is 19.5 Å². The van der Waals surface area contributed by atoms with Gasteiger partial charge in [-0.05, 0) is 131 Å². The molecule has 1 aromatic heterocycles. The van der Waals surface area contributed by atoms with Crippen molar-refractivity contribution in [2.75, 3.05) is 20.6 Å². The molecule has 0 fully saturated rings. The number of carboxylic acids is 1. The van der Waals surface area contributed by atoms with Crippen molar-refractivity contribution in [1.29, 1.82) is 0 Å². The summed E-state index contributed by atoms with van der Waals surface area (Å²) in [6, 6.07) is 8.46. The van der Waals surface area contributed by atoms with Crippen LogP contribution in [0.2, 0.25) is 0 Å². The van der Waals surface area contributed by atoms with Gasteiger partial charge in [-0.2, -0.15) is 13.5 Å². The molecule has 3 aromatic rings. The molecule has 8 heteroatoms. The Kier molecular flexibility index (Phi) is 13.8. The Morgan fingerprint density at radius 1 is 0.889 bits per heavy atom. The zero-order chi connectivity index (χ0) is 32.9. The number of hydrogen-bond donors (Lipinski definition) is 1. The summed E-state index contributed by atoms with van der Waals surface area (Å²) in [5.74, 6) is -2.45. The number of rotatable bonds is 14. The lowest BCUT2D eigenvalue weighted by Gasteiger charge is -2.25. The maximum atomic E-state index is 15.8. The lowest BCUT2D eigenvalue weighted by molar-refractivity contribution is -0.137. The first-order chi connectivity index (χ1) is 20.6. The first kappa shape index (κ1) is 38.0. The minimum absolute atomic E-state index is 0. The van der Waals surface area contributed by atoms with E-state index in [2.05, 4.69) is 30.9 Å². The summed E-state index contributed by atoms with van der Waals surface area (Å²) < 4.78 is 17.4. The van der Waals surface area contributed by atoms with Crippen LogP contribution in [0.15, 0.2) is 41.3 Å². The van der Waals surface area contributed by atoms with E-state index in [1.807, 2.05) is 41.8 Å². The summed E-state index contributed by atoms with van der Waals surface area (Å²) in [5, 5.41) is 9.88. The Morgan fingerprint density at radius 3 is 2.07 bits per heavy atom. The van der Waals surface area contributed by atoms with E-state index in [0.29, 0.717) is 24.3 Å². The molecule has 1 unspecified atom stereocenters. The van der Waals surface area contributed by atoms with Crippen molar-refractivity contribution in [3.63, 3.8) is 0 Å². The van der Waals surface area contributed by atoms with Crippen molar-refractivity contribution >= 4 is 25.2 Å². The zero-order valence-electron chi connectivity index (χ0n) is 28.4. The molecule has 2 aromatic carbocycles. The normalized spacial score (nSPS) is 12.7. The average molecular weight is 639 g/mol. The molecule has 0 saturated heterocycles. The summed E-state index contributed by atoms with van der Waals surface area (Å²) in [7, 11) is 3.97. The van der Waals surface area contributed by atoms with Gasteiger partial charge in [0.05, 0.1) is 12.5 Å². The molecule has 1 N–H and O–H groups in total. The number of carboxylic acid groups (broad SMARTS) is 1. The molecule has 2 atom stereocenters. The van der Waals surface area contributed by atoms with Gasteiger partial charge in [-0.1, -0.05) is 31.5 Å². The third-order valence-electron chi connectivity index (χ3n) is 8.51. The average Bonchev–Trinajstić information content (AvgIpc) is 2.89. The molecule has 246 valence electrons. The molecule has 1 heterocycles. The van der Waals surface area contributed by atoms with E-state index in [4.69, 9.17) is 0 Å². The number of benzene rings is 2. The molecule has 0 saturated carbocycles. The SMILES string of the molecule is Cc1cc(C)c(-c2cc(C)c(F)c([C@H](CC(=O)O)CC(=O)C(CCC(C)C)n3cc(CCN(C)C)c(C)cc3=O)c2)c(C)c1.S. The molecule has 0 aliphatic heterocycles. The number of likely N-dealkylation sites (N-methyl/N-ethyl adjacent to an activating group) is 1. The third-order valence-corrected chi connectivity index (χ3v) is 8.51. The van der Waals surface area contributed by atoms with Gasteiger partial charge in [-0.3, -0.25) is 14.4 Å². The van der Waals surface area contributed by atoms with Crippen molar-refractivity contribution in [1.82, 2.24) is 9.47 Å². The highest BCUT2D eigenvalue weighted by atomic mass is 32.1. The molecular formula is C37H51FN2O4S. The lowest BCUT2D eigenvalue weighted by Crippen LogP contribution is -2.32. The second-order valence-electron chi connectivity index (χ2n) is 13.2. The molecule has 0 aliphatic carbocycles. The van der Waals surface area contributed by atoms with Crippen LogP contribution in [0.5, 0.6) is 0 Å². The highest BCUT2D eigenvalue weighted by molar-refractivity contribution is 7.59. The zero-order valence-corrected chi connectivity index (χ0v) is 29.4. The number of halogens is 1. The number of Topliss-reactive ketones (excluding diaryl/α,β-unsaturated/α-hetero) is 1. The van der Waals surface area contributed by atoms with E-state index < -0.39 is 30.2 Å². The van der Waals surface area contributed by atoms with Crippen molar-refractivity contribution in [3.8, 4) is 11.1 Å². The van der Waals surface area contributed by atoms with Crippen LogP contribution in [-0.4, -0.2) is 47.0 Å². The summed E-state index contributed by atoms with van der Waals surface area (Å²) in [5.41, 5.74) is 7.22. The van der Waals surface area contributed by atoms with Crippen LogP contribution >= 0.6 is 13.5 Å². The fourth-order valence-electron chi connectivity index (χ4n) is 6.24. The van der Waals surface area contributed by atoms with Crippen molar-refractivity contribution in [2.45, 2.75) is 92.5 Å². The van der Waals surface area contributed by atoms with E-state index in [0.717, 1.165) is 51.9 Å². The number of hydrogen-bond acceptors (Lipinski definition) is 4. The van der Waals surface area contributed by atoms with Gasteiger partial charge in [-0.25, -0.2) is 4.39 Å². The van der Waals surface area contributed by atoms with Gasteiger partial charge in [-0.15, -0.1) is 0 Å². The molecule has 45 heavy (non-hydrogen) atoms. The van der Waals surface area contributed by atoms with Crippen LogP contribution < -0.4 is 5.56 Å². The van der Waals surface area contributed by atoms with Gasteiger partial charge < -0.3 is 14.6 Å². The smallest absolute Gasteiger partial charge is 0.303 e. The molecule has 0 radical (unpaired) electrons. The second kappa shape index (κ2) is 16.4. The van der Waals surface area contributed by atoms with Gasteiger partial charge in [0.15, 0.2) is 5.78 Å². The van der Waals surface area contributed by atoms with E-state index >= 15 is 4.39 Å². The molecule has 0 bridgehead atoms. The van der Waals surface area contributed by atoms with Gasteiger partial charge >= 0.3 is 5.97 Å². The highest BCUT2D eigenvalue weighted by Gasteiger charge is 2.29. The van der Waals surface area contributed by atoms with Crippen LogP contribution in [0.4, 0.5) is 4.39 Å². The second-order valence-corrected chi connectivity index (χ2v) is 13.2. The Bertz CT molecular complexity index is 1550. The maximum absolute atomic E-state index is 15.8. The van der Waals surface area contributed by atoms with Crippen molar-refractivity contribution < 1.29 is 19.1 Å². The number of pyridine rings is 1. The molecule has 6 nitrogen and oxygen atoms in total. The summed E-state index contributed by atoms with van der Waals surface area (Å²) in [4.78, 5) is 41.6. The first-order valence-corrected chi connectivity index (χ1v) is 15.6. The number of nitrogens with zero attached hydrogens (tertiary/aromatic N) is 2. The number of aliphatic carboxylic acids is 1. The lowest BCUT2D eigenvalue weighted by atomic mass is 9.84. The van der Waals surface area contributed by atoms with Gasteiger partial charge in [0, 0.05) is 31.1 Å². The minimum Gasteiger partial charge on any atom is -0.481 e. The number of ketones is 1.